The number of rotatable bonds is 3. The van der Waals surface area contributed by atoms with Crippen molar-refractivity contribution in [3.05, 3.63) is 59.8 Å². The van der Waals surface area contributed by atoms with Gasteiger partial charge in [0.25, 0.3) is 0 Å². The molecule has 1 heterocycles. The van der Waals surface area contributed by atoms with Crippen LogP contribution in [0.15, 0.2) is 48.5 Å². The SMILES string of the molecule is Cc1cc(Nc2ccc(O)cc2)c2cc(C(=O)O)ccc2n1. The van der Waals surface area contributed by atoms with E-state index in [9.17, 15) is 9.90 Å². The van der Waals surface area contributed by atoms with Crippen molar-refractivity contribution in [1.29, 1.82) is 0 Å². The van der Waals surface area contributed by atoms with Crippen molar-refractivity contribution in [3.8, 4) is 5.75 Å². The summed E-state index contributed by atoms with van der Waals surface area (Å²) in [6.45, 7) is 1.88. The molecule has 0 amide bonds. The molecule has 0 saturated carbocycles. The van der Waals surface area contributed by atoms with Crippen LogP contribution in [0.25, 0.3) is 10.9 Å². The predicted molar refractivity (Wildman–Crippen MR) is 84.8 cm³/mol. The minimum atomic E-state index is -0.974. The average molecular weight is 294 g/mol. The summed E-state index contributed by atoms with van der Waals surface area (Å²) in [7, 11) is 0. The van der Waals surface area contributed by atoms with Gasteiger partial charge in [-0.05, 0) is 55.5 Å². The van der Waals surface area contributed by atoms with E-state index >= 15 is 0 Å². The number of aryl methyl sites for hydroxylation is 1. The topological polar surface area (TPSA) is 82.5 Å². The minimum Gasteiger partial charge on any atom is -0.508 e. The van der Waals surface area contributed by atoms with Gasteiger partial charge in [-0.15, -0.1) is 0 Å². The number of carboxylic acids is 1. The first kappa shape index (κ1) is 13.9. The van der Waals surface area contributed by atoms with Crippen molar-refractivity contribution in [2.75, 3.05) is 5.32 Å². The largest absolute Gasteiger partial charge is 0.508 e. The van der Waals surface area contributed by atoms with Crippen LogP contribution in [0.5, 0.6) is 5.75 Å². The first-order valence-electron chi connectivity index (χ1n) is 6.74. The van der Waals surface area contributed by atoms with Gasteiger partial charge in [-0.25, -0.2) is 4.79 Å². The summed E-state index contributed by atoms with van der Waals surface area (Å²) in [5.74, 6) is -0.785. The van der Waals surface area contributed by atoms with Crippen molar-refractivity contribution in [2.45, 2.75) is 6.92 Å². The quantitative estimate of drug-likeness (QED) is 0.642. The van der Waals surface area contributed by atoms with E-state index in [1.54, 1.807) is 42.5 Å². The van der Waals surface area contributed by atoms with E-state index in [2.05, 4.69) is 10.3 Å². The van der Waals surface area contributed by atoms with E-state index < -0.39 is 5.97 Å². The van der Waals surface area contributed by atoms with Gasteiger partial charge in [-0.1, -0.05) is 0 Å². The molecule has 0 unspecified atom stereocenters. The second kappa shape index (κ2) is 5.37. The second-order valence-electron chi connectivity index (χ2n) is 5.02. The highest BCUT2D eigenvalue weighted by molar-refractivity contribution is 5.99. The normalized spacial score (nSPS) is 10.6. The Hall–Kier alpha value is -3.08. The number of carboxylic acid groups (broad SMARTS) is 1. The molecule has 5 heteroatoms. The lowest BCUT2D eigenvalue weighted by atomic mass is 10.1. The van der Waals surface area contributed by atoms with Gasteiger partial charge in [0, 0.05) is 22.5 Å². The van der Waals surface area contributed by atoms with Crippen LogP contribution in [0.1, 0.15) is 16.1 Å². The van der Waals surface area contributed by atoms with Crippen LogP contribution in [-0.4, -0.2) is 21.2 Å². The second-order valence-corrected chi connectivity index (χ2v) is 5.02. The van der Waals surface area contributed by atoms with Crippen molar-refractivity contribution < 1.29 is 15.0 Å². The molecule has 0 spiro atoms. The van der Waals surface area contributed by atoms with E-state index in [0.29, 0.717) is 0 Å². The fourth-order valence-corrected chi connectivity index (χ4v) is 2.29. The maximum atomic E-state index is 11.2. The molecule has 0 aliphatic heterocycles. The number of aromatic carboxylic acids is 1. The molecule has 0 bridgehead atoms. The van der Waals surface area contributed by atoms with Gasteiger partial charge in [0.1, 0.15) is 5.75 Å². The fraction of sp³-hybridized carbons (Fsp3) is 0.0588. The van der Waals surface area contributed by atoms with Gasteiger partial charge in [-0.3, -0.25) is 4.98 Å². The lowest BCUT2D eigenvalue weighted by Gasteiger charge is -2.11. The van der Waals surface area contributed by atoms with Crippen LogP contribution in [-0.2, 0) is 0 Å². The highest BCUT2D eigenvalue weighted by Crippen LogP contribution is 2.28. The fourth-order valence-electron chi connectivity index (χ4n) is 2.29. The van der Waals surface area contributed by atoms with Gasteiger partial charge in [-0.2, -0.15) is 0 Å². The van der Waals surface area contributed by atoms with Crippen LogP contribution >= 0.6 is 0 Å². The van der Waals surface area contributed by atoms with Crippen molar-refractivity contribution >= 4 is 28.2 Å². The molecule has 3 N–H and O–H groups in total. The molecule has 3 aromatic rings. The number of aromatic hydroxyl groups is 1. The molecule has 0 aliphatic rings. The predicted octanol–water partition coefficient (Wildman–Crippen LogP) is 3.69. The third-order valence-corrected chi connectivity index (χ3v) is 3.33. The summed E-state index contributed by atoms with van der Waals surface area (Å²) < 4.78 is 0. The number of fused-ring (bicyclic) bond motifs is 1. The summed E-state index contributed by atoms with van der Waals surface area (Å²) in [6, 6.07) is 13.4. The van der Waals surface area contributed by atoms with Crippen molar-refractivity contribution in [2.24, 2.45) is 0 Å². The Labute approximate surface area is 126 Å². The highest BCUT2D eigenvalue weighted by atomic mass is 16.4. The summed E-state index contributed by atoms with van der Waals surface area (Å²) in [4.78, 5) is 15.6. The Kier molecular flexibility index (Phi) is 3.39. The molecule has 0 atom stereocenters. The number of phenols is 1. The Balaban J connectivity index is 2.11. The zero-order valence-electron chi connectivity index (χ0n) is 11.9. The molecule has 0 radical (unpaired) electrons. The minimum absolute atomic E-state index is 0.189. The van der Waals surface area contributed by atoms with Gasteiger partial charge >= 0.3 is 5.97 Å². The molecule has 2 aromatic carbocycles. The molecule has 1 aromatic heterocycles. The Bertz CT molecular complexity index is 858. The monoisotopic (exact) mass is 294 g/mol. The molecule has 22 heavy (non-hydrogen) atoms. The van der Waals surface area contributed by atoms with Gasteiger partial charge in [0.05, 0.1) is 11.1 Å². The maximum absolute atomic E-state index is 11.2. The molecule has 0 aliphatic carbocycles. The van der Waals surface area contributed by atoms with Gasteiger partial charge in [0.15, 0.2) is 0 Å². The van der Waals surface area contributed by atoms with Crippen LogP contribution in [0.3, 0.4) is 0 Å². The van der Waals surface area contributed by atoms with E-state index in [1.807, 2.05) is 13.0 Å². The third kappa shape index (κ3) is 2.69. The number of nitrogens with one attached hydrogen (secondary N) is 1. The molecule has 0 fully saturated rings. The molecule has 110 valence electrons. The standard InChI is InChI=1S/C17H14N2O3/c1-10-8-16(19-12-3-5-13(20)6-4-12)14-9-11(17(21)22)2-7-15(14)18-10/h2-9,20H,1H3,(H,18,19)(H,21,22). The van der Waals surface area contributed by atoms with Crippen molar-refractivity contribution in [3.63, 3.8) is 0 Å². The summed E-state index contributed by atoms with van der Waals surface area (Å²) in [5, 5.41) is 22.4. The third-order valence-electron chi connectivity index (χ3n) is 3.33. The number of hydrogen-bond acceptors (Lipinski definition) is 4. The molecule has 0 saturated heterocycles. The number of carbonyl (C=O) groups is 1. The average Bonchev–Trinajstić information content (AvgIpc) is 2.49. The number of pyridine rings is 1. The molecular formula is C17H14N2O3. The highest BCUT2D eigenvalue weighted by Gasteiger charge is 2.09. The zero-order chi connectivity index (χ0) is 15.7. The Morgan fingerprint density at radius 1 is 1.09 bits per heavy atom. The lowest BCUT2D eigenvalue weighted by Crippen LogP contribution is -1.99. The van der Waals surface area contributed by atoms with E-state index in [1.165, 1.54) is 0 Å². The summed E-state index contributed by atoms with van der Waals surface area (Å²) in [5.41, 5.74) is 3.34. The Morgan fingerprint density at radius 3 is 2.50 bits per heavy atom. The first-order chi connectivity index (χ1) is 10.5. The zero-order valence-corrected chi connectivity index (χ0v) is 11.9. The molecular weight excluding hydrogens is 280 g/mol. The van der Waals surface area contributed by atoms with E-state index in [0.717, 1.165) is 28.0 Å². The van der Waals surface area contributed by atoms with Gasteiger partial charge in [0.2, 0.25) is 0 Å². The Morgan fingerprint density at radius 2 is 1.82 bits per heavy atom. The lowest BCUT2D eigenvalue weighted by molar-refractivity contribution is 0.0697. The number of anilines is 2. The number of aromatic nitrogens is 1. The summed E-state index contributed by atoms with van der Waals surface area (Å²) in [6.07, 6.45) is 0. The summed E-state index contributed by atoms with van der Waals surface area (Å²) >= 11 is 0. The molecule has 5 nitrogen and oxygen atoms in total. The van der Waals surface area contributed by atoms with Crippen LogP contribution in [0.2, 0.25) is 0 Å². The van der Waals surface area contributed by atoms with Gasteiger partial charge < -0.3 is 15.5 Å². The smallest absolute Gasteiger partial charge is 0.335 e. The van der Waals surface area contributed by atoms with E-state index in [4.69, 9.17) is 5.11 Å². The van der Waals surface area contributed by atoms with Crippen molar-refractivity contribution in [1.82, 2.24) is 4.98 Å². The van der Waals surface area contributed by atoms with Crippen LogP contribution in [0, 0.1) is 6.92 Å². The first-order valence-corrected chi connectivity index (χ1v) is 6.74. The number of hydrogen-bond donors (Lipinski definition) is 3. The molecule has 3 rings (SSSR count). The number of phenolic OH excluding ortho intramolecular Hbond substituents is 1. The number of nitrogens with zero attached hydrogens (tertiary/aromatic N) is 1. The van der Waals surface area contributed by atoms with E-state index in [-0.39, 0.29) is 11.3 Å². The number of benzene rings is 2. The van der Waals surface area contributed by atoms with Crippen LogP contribution in [0.4, 0.5) is 11.4 Å². The van der Waals surface area contributed by atoms with Crippen LogP contribution < -0.4 is 5.32 Å². The maximum Gasteiger partial charge on any atom is 0.335 e.